The van der Waals surface area contributed by atoms with E-state index >= 15 is 0 Å². The first kappa shape index (κ1) is 18.2. The Morgan fingerprint density at radius 2 is 1.87 bits per heavy atom. The topological polar surface area (TPSA) is 55.8 Å². The van der Waals surface area contributed by atoms with Crippen molar-refractivity contribution in [2.24, 2.45) is 0 Å². The number of sulfonamides is 1. The second-order valence-electron chi connectivity index (χ2n) is 6.37. The second kappa shape index (κ2) is 7.20. The highest BCUT2D eigenvalue weighted by atomic mass is 32.2. The van der Waals surface area contributed by atoms with Gasteiger partial charge in [0.1, 0.15) is 10.6 Å². The maximum absolute atomic E-state index is 13.1. The van der Waals surface area contributed by atoms with Gasteiger partial charge in [-0.1, -0.05) is 19.9 Å². The average Bonchev–Trinajstić information content (AvgIpc) is 2.46. The summed E-state index contributed by atoms with van der Waals surface area (Å²) in [7, 11) is -3.61. The Morgan fingerprint density at radius 3 is 2.39 bits per heavy atom. The van der Waals surface area contributed by atoms with Gasteiger partial charge in [0, 0.05) is 13.1 Å². The molecule has 1 heterocycles. The molecule has 1 saturated heterocycles. The van der Waals surface area contributed by atoms with Gasteiger partial charge < -0.3 is 9.47 Å². The normalized spacial score (nSPS) is 23.2. The number of hydrogen-bond donors (Lipinski definition) is 0. The Labute approximate surface area is 139 Å². The summed E-state index contributed by atoms with van der Waals surface area (Å²) >= 11 is 0. The van der Waals surface area contributed by atoms with Gasteiger partial charge in [-0.25, -0.2) is 8.42 Å². The molecule has 2 atom stereocenters. The van der Waals surface area contributed by atoms with Crippen LogP contribution in [0.4, 0.5) is 0 Å². The highest BCUT2D eigenvalue weighted by Gasteiger charge is 2.34. The van der Waals surface area contributed by atoms with Crippen molar-refractivity contribution in [2.75, 3.05) is 19.7 Å². The quantitative estimate of drug-likeness (QED) is 0.826. The van der Waals surface area contributed by atoms with Gasteiger partial charge in [-0.3, -0.25) is 0 Å². The maximum Gasteiger partial charge on any atom is 0.246 e. The standard InChI is InChI=1S/C17H27NO4S/c1-6-21-16-8-7-15(12(2)3)9-17(16)23(19,20)18-10-13(4)22-14(5)11-18/h7-9,12-14H,6,10-11H2,1-5H3/t13-,14-/m1/s1. The molecule has 1 aromatic rings. The van der Waals surface area contributed by atoms with Gasteiger partial charge in [0.15, 0.2) is 0 Å². The van der Waals surface area contributed by atoms with E-state index in [1.807, 2.05) is 40.7 Å². The van der Waals surface area contributed by atoms with E-state index in [0.29, 0.717) is 25.4 Å². The lowest BCUT2D eigenvalue weighted by molar-refractivity contribution is -0.0441. The van der Waals surface area contributed by atoms with Gasteiger partial charge in [0.2, 0.25) is 10.0 Å². The lowest BCUT2D eigenvalue weighted by Gasteiger charge is -2.34. The summed E-state index contributed by atoms with van der Waals surface area (Å²) in [5, 5.41) is 0. The summed E-state index contributed by atoms with van der Waals surface area (Å²) in [6, 6.07) is 5.44. The number of benzene rings is 1. The van der Waals surface area contributed by atoms with E-state index < -0.39 is 10.0 Å². The van der Waals surface area contributed by atoms with Crippen molar-refractivity contribution in [3.63, 3.8) is 0 Å². The van der Waals surface area contributed by atoms with Gasteiger partial charge >= 0.3 is 0 Å². The highest BCUT2D eigenvalue weighted by Crippen LogP contribution is 2.31. The molecule has 1 aliphatic heterocycles. The smallest absolute Gasteiger partial charge is 0.246 e. The van der Waals surface area contributed by atoms with Crippen molar-refractivity contribution in [1.29, 1.82) is 0 Å². The Hall–Kier alpha value is -1.11. The van der Waals surface area contributed by atoms with Gasteiger partial charge in [-0.15, -0.1) is 0 Å². The fourth-order valence-corrected chi connectivity index (χ4v) is 4.58. The fraction of sp³-hybridized carbons (Fsp3) is 0.647. The Morgan fingerprint density at radius 1 is 1.26 bits per heavy atom. The van der Waals surface area contributed by atoms with Crippen LogP contribution in [-0.2, 0) is 14.8 Å². The van der Waals surface area contributed by atoms with Crippen LogP contribution in [0.3, 0.4) is 0 Å². The van der Waals surface area contributed by atoms with Gasteiger partial charge in [-0.2, -0.15) is 4.31 Å². The molecule has 2 rings (SSSR count). The molecule has 6 heteroatoms. The summed E-state index contributed by atoms with van der Waals surface area (Å²) in [4.78, 5) is 0.256. The van der Waals surface area contributed by atoms with Crippen molar-refractivity contribution < 1.29 is 17.9 Å². The van der Waals surface area contributed by atoms with E-state index in [9.17, 15) is 8.42 Å². The predicted octanol–water partition coefficient (Wildman–Crippen LogP) is 3.01. The molecule has 0 saturated carbocycles. The molecule has 1 aromatic carbocycles. The molecule has 0 bridgehead atoms. The third-order valence-electron chi connectivity index (χ3n) is 3.94. The van der Waals surface area contributed by atoms with Crippen molar-refractivity contribution in [3.8, 4) is 5.75 Å². The summed E-state index contributed by atoms with van der Waals surface area (Å²) < 4.78 is 39.0. The monoisotopic (exact) mass is 341 g/mol. The molecule has 0 amide bonds. The molecule has 0 aliphatic carbocycles. The highest BCUT2D eigenvalue weighted by molar-refractivity contribution is 7.89. The molecule has 1 aliphatic rings. The van der Waals surface area contributed by atoms with Crippen LogP contribution in [0.5, 0.6) is 5.75 Å². The zero-order valence-electron chi connectivity index (χ0n) is 14.6. The SMILES string of the molecule is CCOc1ccc(C(C)C)cc1S(=O)(=O)N1C[C@@H](C)O[C@H](C)C1. The largest absolute Gasteiger partial charge is 0.492 e. The van der Waals surface area contributed by atoms with Crippen LogP contribution in [0.15, 0.2) is 23.1 Å². The number of hydrogen-bond acceptors (Lipinski definition) is 4. The Balaban J connectivity index is 2.46. The molecule has 0 unspecified atom stereocenters. The molecule has 1 fully saturated rings. The molecule has 23 heavy (non-hydrogen) atoms. The van der Waals surface area contributed by atoms with Gasteiger partial charge in [0.05, 0.1) is 18.8 Å². The molecule has 0 aromatic heterocycles. The van der Waals surface area contributed by atoms with E-state index in [1.165, 1.54) is 4.31 Å². The first-order chi connectivity index (χ1) is 10.8. The summed E-state index contributed by atoms with van der Waals surface area (Å²) in [5.41, 5.74) is 0.987. The molecule has 5 nitrogen and oxygen atoms in total. The second-order valence-corrected chi connectivity index (χ2v) is 8.28. The molecule has 0 N–H and O–H groups in total. The third kappa shape index (κ3) is 4.05. The predicted molar refractivity (Wildman–Crippen MR) is 90.5 cm³/mol. The minimum absolute atomic E-state index is 0.114. The third-order valence-corrected chi connectivity index (χ3v) is 5.79. The van der Waals surface area contributed by atoms with Crippen LogP contribution in [0.2, 0.25) is 0 Å². The Kier molecular flexibility index (Phi) is 5.70. The van der Waals surface area contributed by atoms with Crippen molar-refractivity contribution >= 4 is 10.0 Å². The van der Waals surface area contributed by atoms with Gasteiger partial charge in [-0.05, 0) is 44.4 Å². The van der Waals surface area contributed by atoms with Crippen LogP contribution in [0.1, 0.15) is 46.1 Å². The van der Waals surface area contributed by atoms with E-state index in [0.717, 1.165) is 5.56 Å². The molecule has 0 radical (unpaired) electrons. The molecular weight excluding hydrogens is 314 g/mol. The minimum Gasteiger partial charge on any atom is -0.492 e. The van der Waals surface area contributed by atoms with Gasteiger partial charge in [0.25, 0.3) is 0 Å². The summed E-state index contributed by atoms with van der Waals surface area (Å²) in [6.07, 6.45) is -0.227. The van der Waals surface area contributed by atoms with Crippen LogP contribution in [0, 0.1) is 0 Å². The van der Waals surface area contributed by atoms with Crippen LogP contribution in [0.25, 0.3) is 0 Å². The first-order valence-electron chi connectivity index (χ1n) is 8.18. The lowest BCUT2D eigenvalue weighted by Crippen LogP contribution is -2.48. The van der Waals surface area contributed by atoms with E-state index in [4.69, 9.17) is 9.47 Å². The fourth-order valence-electron chi connectivity index (χ4n) is 2.83. The lowest BCUT2D eigenvalue weighted by atomic mass is 10.0. The van der Waals surface area contributed by atoms with Crippen molar-refractivity contribution in [1.82, 2.24) is 4.31 Å². The average molecular weight is 341 g/mol. The maximum atomic E-state index is 13.1. The Bertz CT molecular complexity index is 632. The van der Waals surface area contributed by atoms with Crippen LogP contribution in [-0.4, -0.2) is 44.6 Å². The summed E-state index contributed by atoms with van der Waals surface area (Å²) in [5.74, 6) is 0.672. The van der Waals surface area contributed by atoms with E-state index in [1.54, 1.807) is 12.1 Å². The van der Waals surface area contributed by atoms with Crippen LogP contribution >= 0.6 is 0 Å². The van der Waals surface area contributed by atoms with Crippen molar-refractivity contribution in [3.05, 3.63) is 23.8 Å². The molecule has 0 spiro atoms. The first-order valence-corrected chi connectivity index (χ1v) is 9.62. The minimum atomic E-state index is -3.61. The van der Waals surface area contributed by atoms with Crippen LogP contribution < -0.4 is 4.74 Å². The molecular formula is C17H27NO4S. The number of nitrogens with zero attached hydrogens (tertiary/aromatic N) is 1. The summed E-state index contributed by atoms with van der Waals surface area (Å²) in [6.45, 7) is 10.9. The number of morpholine rings is 1. The zero-order chi connectivity index (χ0) is 17.2. The van der Waals surface area contributed by atoms with Crippen molar-refractivity contribution in [2.45, 2.75) is 57.6 Å². The van der Waals surface area contributed by atoms with E-state index in [2.05, 4.69) is 0 Å². The number of rotatable bonds is 5. The number of ether oxygens (including phenoxy) is 2. The van der Waals surface area contributed by atoms with E-state index in [-0.39, 0.29) is 23.0 Å². The zero-order valence-corrected chi connectivity index (χ0v) is 15.4. The molecule has 130 valence electrons.